The first-order valence-electron chi connectivity index (χ1n) is 16.9. The second-order valence-corrected chi connectivity index (χ2v) is 10.9. The van der Waals surface area contributed by atoms with E-state index in [9.17, 15) is 0 Å². The molecule has 0 saturated heterocycles. The van der Waals surface area contributed by atoms with Crippen LogP contribution in [0.1, 0.15) is 6.85 Å². The fourth-order valence-corrected chi connectivity index (χ4v) is 6.69. The van der Waals surface area contributed by atoms with Crippen molar-refractivity contribution < 1.29 is 11.3 Å². The summed E-state index contributed by atoms with van der Waals surface area (Å²) in [5.74, 6) is 0. The van der Waals surface area contributed by atoms with Gasteiger partial charge in [-0.2, -0.15) is 0 Å². The average molecular weight is 552 g/mol. The lowest BCUT2D eigenvalue weighted by Gasteiger charge is -2.18. The number of fused-ring (bicyclic) bond motifs is 7. The Hall–Kier alpha value is -5.66. The van der Waals surface area contributed by atoms with E-state index in [0.717, 1.165) is 76.5 Å². The molecule has 1 aromatic heterocycles. The van der Waals surface area contributed by atoms with E-state index >= 15 is 0 Å². The molecule has 8 aromatic carbocycles. The van der Waals surface area contributed by atoms with Gasteiger partial charge < -0.3 is 4.42 Å². The van der Waals surface area contributed by atoms with Crippen LogP contribution in [0, 0.1) is 0 Å². The lowest BCUT2D eigenvalue weighted by atomic mass is 9.85. The molecule has 1 heteroatoms. The van der Waals surface area contributed by atoms with Gasteiger partial charge >= 0.3 is 0 Å². The van der Waals surface area contributed by atoms with Crippen molar-refractivity contribution in [2.24, 2.45) is 0 Å². The van der Waals surface area contributed by atoms with Crippen LogP contribution in [0.3, 0.4) is 0 Å². The second kappa shape index (κ2) is 9.44. The molecule has 9 aromatic rings. The topological polar surface area (TPSA) is 13.1 Å². The summed E-state index contributed by atoms with van der Waals surface area (Å²) in [4.78, 5) is 0. The SMILES string of the molecule is [2H]c1c([2H])c([2H])c(-c2c3ccccc3c(-c3cccc4oc5c6ccc(-c7ccccc7)cc6ccc5c34)c3ccccc23)c([2H])c1[2H]. The monoisotopic (exact) mass is 551 g/mol. The maximum absolute atomic E-state index is 8.86. The fourth-order valence-electron chi connectivity index (χ4n) is 6.69. The third kappa shape index (κ3) is 3.65. The average Bonchev–Trinajstić information content (AvgIpc) is 3.53. The van der Waals surface area contributed by atoms with Gasteiger partial charge in [0.05, 0.1) is 6.85 Å². The van der Waals surface area contributed by atoms with Crippen molar-refractivity contribution in [1.29, 1.82) is 0 Å². The lowest BCUT2D eigenvalue weighted by molar-refractivity contribution is 0.673. The van der Waals surface area contributed by atoms with Crippen molar-refractivity contribution in [3.8, 4) is 33.4 Å². The van der Waals surface area contributed by atoms with Crippen LogP contribution in [0.25, 0.3) is 87.6 Å². The first-order chi connectivity index (χ1) is 23.4. The lowest BCUT2D eigenvalue weighted by Crippen LogP contribution is -1.91. The summed E-state index contributed by atoms with van der Waals surface area (Å²) < 4.78 is 49.4. The summed E-state index contributed by atoms with van der Waals surface area (Å²) >= 11 is 0. The minimum Gasteiger partial charge on any atom is -0.455 e. The van der Waals surface area contributed by atoms with Gasteiger partial charge in [0.1, 0.15) is 11.2 Å². The molecule has 43 heavy (non-hydrogen) atoms. The molecule has 0 aliphatic carbocycles. The molecule has 0 aliphatic rings. The van der Waals surface area contributed by atoms with Gasteiger partial charge in [0, 0.05) is 16.2 Å². The zero-order valence-electron chi connectivity index (χ0n) is 28.0. The molecule has 1 heterocycles. The number of furan rings is 1. The maximum Gasteiger partial charge on any atom is 0.143 e. The van der Waals surface area contributed by atoms with Crippen molar-refractivity contribution >= 4 is 54.3 Å². The molecule has 9 rings (SSSR count). The molecule has 0 N–H and O–H groups in total. The highest BCUT2D eigenvalue weighted by atomic mass is 16.3. The fraction of sp³-hybridized carbons (Fsp3) is 0. The predicted molar refractivity (Wildman–Crippen MR) is 183 cm³/mol. The van der Waals surface area contributed by atoms with Gasteiger partial charge in [-0.25, -0.2) is 0 Å². The Morgan fingerprint density at radius 1 is 0.442 bits per heavy atom. The maximum atomic E-state index is 8.86. The Labute approximate surface area is 256 Å². The standard InChI is InChI=1S/C42H26O/c1-3-12-27(13-4-1)29-22-24-31-30(26-29)23-25-37-41-36(20-11-21-38(41)43-42(31)37)40-34-18-9-7-16-32(34)39(28-14-5-2-6-15-28)33-17-8-10-19-35(33)40/h1-26H/i2D,5D,6D,14D,15D. The van der Waals surface area contributed by atoms with Crippen LogP contribution in [-0.2, 0) is 0 Å². The normalized spacial score (nSPS) is 13.3. The Balaban J connectivity index is 1.37. The van der Waals surface area contributed by atoms with E-state index in [4.69, 9.17) is 11.3 Å². The zero-order chi connectivity index (χ0) is 32.7. The molecule has 0 bridgehead atoms. The van der Waals surface area contributed by atoms with Gasteiger partial charge in [-0.15, -0.1) is 0 Å². The van der Waals surface area contributed by atoms with Gasteiger partial charge in [0.25, 0.3) is 0 Å². The molecule has 0 saturated carbocycles. The largest absolute Gasteiger partial charge is 0.455 e. The Morgan fingerprint density at radius 2 is 1.09 bits per heavy atom. The van der Waals surface area contributed by atoms with Gasteiger partial charge in [0.15, 0.2) is 0 Å². The van der Waals surface area contributed by atoms with E-state index < -0.39 is 6.04 Å². The van der Waals surface area contributed by atoms with E-state index in [2.05, 4.69) is 60.7 Å². The Bertz CT molecular complexity index is 2700. The molecular weight excluding hydrogens is 520 g/mol. The van der Waals surface area contributed by atoms with Gasteiger partial charge in [-0.05, 0) is 84.6 Å². The Kier molecular flexibility index (Phi) is 4.27. The summed E-state index contributed by atoms with van der Waals surface area (Å²) in [5, 5.41) is 7.64. The van der Waals surface area contributed by atoms with Crippen LogP contribution in [0.15, 0.2) is 162 Å². The summed E-state index contributed by atoms with van der Waals surface area (Å²) in [5.41, 5.74) is 6.77. The molecule has 0 fully saturated rings. The molecule has 0 radical (unpaired) electrons. The predicted octanol–water partition coefficient (Wildman–Crippen LogP) is 12.0. The van der Waals surface area contributed by atoms with E-state index in [-0.39, 0.29) is 29.7 Å². The highest BCUT2D eigenvalue weighted by molar-refractivity contribution is 6.27. The van der Waals surface area contributed by atoms with E-state index in [1.54, 1.807) is 0 Å². The quantitative estimate of drug-likeness (QED) is 0.199. The zero-order valence-corrected chi connectivity index (χ0v) is 23.0. The first-order valence-corrected chi connectivity index (χ1v) is 14.4. The summed E-state index contributed by atoms with van der Waals surface area (Å²) in [6.45, 7) is 0. The first kappa shape index (κ1) is 19.5. The third-order valence-corrected chi connectivity index (χ3v) is 8.54. The molecule has 200 valence electrons. The van der Waals surface area contributed by atoms with Crippen LogP contribution in [0.2, 0.25) is 0 Å². The molecule has 0 unspecified atom stereocenters. The van der Waals surface area contributed by atoms with Crippen molar-refractivity contribution in [1.82, 2.24) is 0 Å². The van der Waals surface area contributed by atoms with Crippen LogP contribution >= 0.6 is 0 Å². The van der Waals surface area contributed by atoms with Crippen LogP contribution < -0.4 is 0 Å². The van der Waals surface area contributed by atoms with E-state index in [1.165, 1.54) is 0 Å². The molecule has 0 amide bonds. The Morgan fingerprint density at radius 3 is 1.81 bits per heavy atom. The van der Waals surface area contributed by atoms with Crippen LogP contribution in [-0.4, -0.2) is 0 Å². The van der Waals surface area contributed by atoms with Gasteiger partial charge in [-0.3, -0.25) is 0 Å². The minimum absolute atomic E-state index is 0.202. The van der Waals surface area contributed by atoms with Crippen LogP contribution in [0.5, 0.6) is 0 Å². The van der Waals surface area contributed by atoms with Crippen molar-refractivity contribution in [3.63, 3.8) is 0 Å². The van der Waals surface area contributed by atoms with Crippen molar-refractivity contribution in [2.45, 2.75) is 0 Å². The summed E-state index contributed by atoms with van der Waals surface area (Å²) in [7, 11) is 0. The third-order valence-electron chi connectivity index (χ3n) is 8.54. The number of benzene rings is 8. The van der Waals surface area contributed by atoms with Crippen molar-refractivity contribution in [2.75, 3.05) is 0 Å². The summed E-state index contributed by atoms with van der Waals surface area (Å²) in [6, 6.07) is 41.7. The minimum atomic E-state index is -0.402. The van der Waals surface area contributed by atoms with Gasteiger partial charge in [-0.1, -0.05) is 133 Å². The number of rotatable bonds is 3. The van der Waals surface area contributed by atoms with Crippen molar-refractivity contribution in [3.05, 3.63) is 158 Å². The molecule has 1 nitrogen and oxygen atoms in total. The molecular formula is C42H26O. The highest BCUT2D eigenvalue weighted by Gasteiger charge is 2.20. The number of hydrogen-bond acceptors (Lipinski definition) is 1. The van der Waals surface area contributed by atoms with E-state index in [1.807, 2.05) is 66.7 Å². The number of hydrogen-bond donors (Lipinski definition) is 0. The summed E-state index contributed by atoms with van der Waals surface area (Å²) in [6.07, 6.45) is 0. The molecule has 0 atom stereocenters. The van der Waals surface area contributed by atoms with E-state index in [0.29, 0.717) is 5.56 Å². The molecule has 0 spiro atoms. The van der Waals surface area contributed by atoms with Gasteiger partial charge in [0.2, 0.25) is 0 Å². The van der Waals surface area contributed by atoms with Crippen LogP contribution in [0.4, 0.5) is 0 Å². The molecule has 0 aliphatic heterocycles. The second-order valence-electron chi connectivity index (χ2n) is 10.9. The smallest absolute Gasteiger partial charge is 0.143 e. The highest BCUT2D eigenvalue weighted by Crippen LogP contribution is 2.47.